The van der Waals surface area contributed by atoms with E-state index in [0.29, 0.717) is 0 Å². The first-order chi connectivity index (χ1) is 15.6. The van der Waals surface area contributed by atoms with Gasteiger partial charge >= 0.3 is 0 Å². The van der Waals surface area contributed by atoms with Gasteiger partial charge in [0.05, 0.1) is 14.1 Å². The molecule has 0 fully saturated rings. The summed E-state index contributed by atoms with van der Waals surface area (Å²) in [4.78, 5) is 0. The first-order valence-corrected chi connectivity index (χ1v) is 10.8. The number of fused-ring (bicyclic) bond motifs is 8. The van der Waals surface area contributed by atoms with Gasteiger partial charge in [-0.1, -0.05) is 42.5 Å². The maximum atomic E-state index is 6.65. The van der Waals surface area contributed by atoms with E-state index < -0.39 is 0 Å². The second-order valence-electron chi connectivity index (χ2n) is 8.58. The van der Waals surface area contributed by atoms with E-state index in [2.05, 4.69) is 84.8 Å². The predicted molar refractivity (Wildman–Crippen MR) is 129 cm³/mol. The van der Waals surface area contributed by atoms with Crippen molar-refractivity contribution < 1.29 is 13.4 Å². The maximum Gasteiger partial charge on any atom is 0.293 e. The van der Waals surface area contributed by atoms with Crippen LogP contribution in [0.1, 0.15) is 5.56 Å². The number of hydrogen-bond donors (Lipinski definition) is 0. The van der Waals surface area contributed by atoms with Crippen LogP contribution in [0.25, 0.3) is 66.3 Å². The monoisotopic (exact) mass is 417 g/mol. The van der Waals surface area contributed by atoms with Gasteiger partial charge in [-0.2, -0.15) is 0 Å². The third-order valence-electron chi connectivity index (χ3n) is 6.83. The van der Waals surface area contributed by atoms with Crippen molar-refractivity contribution in [1.29, 1.82) is 0 Å². The number of imidazole rings is 1. The van der Waals surface area contributed by atoms with Crippen LogP contribution in [0.4, 0.5) is 0 Å². The van der Waals surface area contributed by atoms with Crippen LogP contribution in [-0.2, 0) is 14.1 Å². The number of benzene rings is 4. The van der Waals surface area contributed by atoms with Gasteiger partial charge in [0.15, 0.2) is 27.8 Å². The topological polar surface area (TPSA) is 35.1 Å². The summed E-state index contributed by atoms with van der Waals surface area (Å²) in [5.74, 6) is 1.12. The zero-order chi connectivity index (χ0) is 21.6. The normalized spacial score (nSPS) is 12.2. The Morgan fingerprint density at radius 2 is 1.34 bits per heavy atom. The van der Waals surface area contributed by atoms with E-state index in [-0.39, 0.29) is 0 Å². The lowest BCUT2D eigenvalue weighted by Gasteiger charge is -2.04. The Kier molecular flexibility index (Phi) is 3.31. The van der Waals surface area contributed by atoms with Crippen molar-refractivity contribution in [2.24, 2.45) is 14.1 Å². The largest absolute Gasteiger partial charge is 0.452 e. The minimum atomic E-state index is 0.807. The fraction of sp³-hybridized carbons (Fsp3) is 0.107. The molecule has 0 N–H and O–H groups in total. The molecule has 7 rings (SSSR count). The molecule has 0 radical (unpaired) electrons. The average Bonchev–Trinajstić information content (AvgIpc) is 3.45. The molecule has 4 heteroatoms. The highest BCUT2D eigenvalue weighted by Gasteiger charge is 2.28. The molecule has 0 aliphatic rings. The molecule has 0 unspecified atom stereocenters. The number of nitrogens with zero attached hydrogens (tertiary/aromatic N) is 2. The van der Waals surface area contributed by atoms with E-state index in [0.717, 1.165) is 55.3 Å². The summed E-state index contributed by atoms with van der Waals surface area (Å²) in [7, 11) is 4.24. The van der Waals surface area contributed by atoms with Crippen molar-refractivity contribution in [3.63, 3.8) is 0 Å². The number of aryl methyl sites for hydroxylation is 3. The molecule has 0 amide bonds. The first kappa shape index (κ1) is 17.6. The van der Waals surface area contributed by atoms with Crippen molar-refractivity contribution in [3.05, 3.63) is 78.4 Å². The van der Waals surface area contributed by atoms with Gasteiger partial charge in [-0.15, -0.1) is 0 Å². The second-order valence-corrected chi connectivity index (χ2v) is 8.58. The molecule has 4 nitrogen and oxygen atoms in total. The van der Waals surface area contributed by atoms with Crippen LogP contribution in [0, 0.1) is 6.92 Å². The van der Waals surface area contributed by atoms with Gasteiger partial charge in [0.25, 0.3) is 5.82 Å². The molecule has 3 aromatic heterocycles. The van der Waals surface area contributed by atoms with Crippen LogP contribution in [0.5, 0.6) is 0 Å². The molecule has 0 atom stereocenters. The Balaban J connectivity index is 1.65. The molecule has 32 heavy (non-hydrogen) atoms. The smallest absolute Gasteiger partial charge is 0.293 e. The summed E-state index contributed by atoms with van der Waals surface area (Å²) >= 11 is 0. The Bertz CT molecular complexity index is 1820. The molecule has 3 heterocycles. The van der Waals surface area contributed by atoms with E-state index in [1.165, 1.54) is 16.6 Å². The Morgan fingerprint density at radius 3 is 2.19 bits per heavy atom. The second kappa shape index (κ2) is 6.01. The number of furan rings is 2. The molecule has 4 aromatic carbocycles. The quantitative estimate of drug-likeness (QED) is 0.276. The number of hydrogen-bond acceptors (Lipinski definition) is 2. The Morgan fingerprint density at radius 1 is 0.688 bits per heavy atom. The minimum Gasteiger partial charge on any atom is -0.452 e. The summed E-state index contributed by atoms with van der Waals surface area (Å²) in [5.41, 5.74) is 8.07. The lowest BCUT2D eigenvalue weighted by Crippen LogP contribution is -2.30. The van der Waals surface area contributed by atoms with E-state index >= 15 is 0 Å². The van der Waals surface area contributed by atoms with Gasteiger partial charge in [-0.25, -0.2) is 9.13 Å². The molecule has 0 bridgehead atoms. The van der Waals surface area contributed by atoms with Crippen molar-refractivity contribution in [2.45, 2.75) is 6.92 Å². The van der Waals surface area contributed by atoms with Crippen molar-refractivity contribution in [1.82, 2.24) is 4.57 Å². The van der Waals surface area contributed by atoms with E-state index in [1.807, 2.05) is 18.2 Å². The van der Waals surface area contributed by atoms with Gasteiger partial charge in [0.1, 0.15) is 11.1 Å². The standard InChI is InChI=1S/C28H21N2O2/c1-16-12-13-19-20-15-14-18-17-8-4-7-11-23(17)31-26(18)27(20)32-25(19)24(16)28-29(2)21-9-5-6-10-22(21)30(28)3/h4-15H,1-3H3/q+1. The minimum absolute atomic E-state index is 0.807. The Hall–Kier alpha value is -4.05. The number of rotatable bonds is 1. The third-order valence-corrected chi connectivity index (χ3v) is 6.83. The highest BCUT2D eigenvalue weighted by atomic mass is 16.4. The SMILES string of the molecule is Cc1ccc2c(oc3c2ccc2c4ccccc4oc23)c1-c1n(C)c2ccccc2[n+]1C. The van der Waals surface area contributed by atoms with Crippen molar-refractivity contribution >= 4 is 54.9 Å². The third kappa shape index (κ3) is 2.09. The van der Waals surface area contributed by atoms with Crippen LogP contribution in [0.3, 0.4) is 0 Å². The van der Waals surface area contributed by atoms with E-state index in [9.17, 15) is 0 Å². The van der Waals surface area contributed by atoms with Crippen LogP contribution < -0.4 is 4.57 Å². The molecule has 154 valence electrons. The van der Waals surface area contributed by atoms with Crippen LogP contribution in [-0.4, -0.2) is 4.57 Å². The number of para-hydroxylation sites is 3. The molecule has 0 aliphatic heterocycles. The average molecular weight is 417 g/mol. The Labute approximate surface area is 183 Å². The van der Waals surface area contributed by atoms with Crippen molar-refractivity contribution in [3.8, 4) is 11.4 Å². The van der Waals surface area contributed by atoms with Crippen LogP contribution in [0.15, 0.2) is 81.6 Å². The van der Waals surface area contributed by atoms with Gasteiger partial charge < -0.3 is 8.83 Å². The predicted octanol–water partition coefficient (Wildman–Crippen LogP) is 6.78. The zero-order valence-corrected chi connectivity index (χ0v) is 18.1. The molecule has 0 saturated carbocycles. The summed E-state index contributed by atoms with van der Waals surface area (Å²) in [6.45, 7) is 2.15. The molecule has 0 saturated heterocycles. The van der Waals surface area contributed by atoms with E-state index in [4.69, 9.17) is 8.83 Å². The molecular formula is C28H21N2O2+. The van der Waals surface area contributed by atoms with Crippen LogP contribution >= 0.6 is 0 Å². The van der Waals surface area contributed by atoms with Gasteiger partial charge in [-0.05, 0) is 42.8 Å². The fourth-order valence-electron chi connectivity index (χ4n) is 5.28. The lowest BCUT2D eigenvalue weighted by atomic mass is 10.0. The van der Waals surface area contributed by atoms with Crippen molar-refractivity contribution in [2.75, 3.05) is 0 Å². The molecule has 0 spiro atoms. The first-order valence-electron chi connectivity index (χ1n) is 10.8. The highest BCUT2D eigenvalue weighted by molar-refractivity contribution is 6.20. The molecule has 7 aromatic rings. The van der Waals surface area contributed by atoms with Gasteiger partial charge in [0.2, 0.25) is 0 Å². The summed E-state index contributed by atoms with van der Waals surface area (Å²) in [5, 5.41) is 4.38. The van der Waals surface area contributed by atoms with Gasteiger partial charge in [0, 0.05) is 21.5 Å². The summed E-state index contributed by atoms with van der Waals surface area (Å²) < 4.78 is 17.4. The molecular weight excluding hydrogens is 396 g/mol. The van der Waals surface area contributed by atoms with E-state index in [1.54, 1.807) is 0 Å². The van der Waals surface area contributed by atoms with Crippen LogP contribution in [0.2, 0.25) is 0 Å². The summed E-state index contributed by atoms with van der Waals surface area (Å²) in [6, 6.07) is 25.3. The molecule has 0 aliphatic carbocycles. The summed E-state index contributed by atoms with van der Waals surface area (Å²) in [6.07, 6.45) is 0. The highest BCUT2D eigenvalue weighted by Crippen LogP contribution is 2.42. The maximum absolute atomic E-state index is 6.65. The van der Waals surface area contributed by atoms with Gasteiger partial charge in [-0.3, -0.25) is 0 Å². The lowest BCUT2D eigenvalue weighted by molar-refractivity contribution is -0.634. The fourth-order valence-corrected chi connectivity index (χ4v) is 5.28. The zero-order valence-electron chi connectivity index (χ0n) is 18.1. The number of aromatic nitrogens is 2.